The smallest absolute Gasteiger partial charge is 0.0391 e. The van der Waals surface area contributed by atoms with Crippen molar-refractivity contribution in [1.29, 1.82) is 0 Å². The predicted octanol–water partition coefficient (Wildman–Crippen LogP) is 4.99. The number of rotatable bonds is 0. The SMILES string of the molecule is C.CC.CC1CC(C)C(C)C(C)C1. The second-order valence-corrected chi connectivity index (χ2v) is 4.39. The van der Waals surface area contributed by atoms with Crippen molar-refractivity contribution in [3.05, 3.63) is 0 Å². The van der Waals surface area contributed by atoms with Crippen molar-refractivity contribution in [2.75, 3.05) is 0 Å². The highest BCUT2D eigenvalue weighted by atomic mass is 14.3. The lowest BCUT2D eigenvalue weighted by atomic mass is 9.71. The Bertz CT molecular complexity index is 94.6. The Labute approximate surface area is 86.1 Å². The Kier molecular flexibility index (Phi) is 8.82. The summed E-state index contributed by atoms with van der Waals surface area (Å²) in [6.45, 7) is 13.6. The second kappa shape index (κ2) is 7.41. The van der Waals surface area contributed by atoms with E-state index in [0.29, 0.717) is 0 Å². The van der Waals surface area contributed by atoms with E-state index < -0.39 is 0 Å². The molecule has 1 saturated carbocycles. The second-order valence-electron chi connectivity index (χ2n) is 4.39. The number of hydrogen-bond acceptors (Lipinski definition) is 0. The molecule has 1 fully saturated rings. The van der Waals surface area contributed by atoms with Gasteiger partial charge in [0.15, 0.2) is 0 Å². The molecule has 1 rings (SSSR count). The first-order chi connectivity index (χ1) is 5.61. The van der Waals surface area contributed by atoms with Gasteiger partial charge in [0.1, 0.15) is 0 Å². The largest absolute Gasteiger partial charge is 0.0776 e. The van der Waals surface area contributed by atoms with Crippen molar-refractivity contribution in [2.24, 2.45) is 23.7 Å². The van der Waals surface area contributed by atoms with Gasteiger partial charge in [-0.05, 0) is 36.5 Å². The first kappa shape index (κ1) is 15.5. The molecule has 0 aromatic heterocycles. The highest BCUT2D eigenvalue weighted by Gasteiger charge is 2.27. The van der Waals surface area contributed by atoms with Crippen molar-refractivity contribution in [3.8, 4) is 0 Å². The van der Waals surface area contributed by atoms with Crippen LogP contribution in [0.3, 0.4) is 0 Å². The van der Waals surface area contributed by atoms with E-state index in [-0.39, 0.29) is 7.43 Å². The fourth-order valence-corrected chi connectivity index (χ4v) is 2.36. The first-order valence-electron chi connectivity index (χ1n) is 5.61. The third-order valence-electron chi connectivity index (χ3n) is 3.34. The van der Waals surface area contributed by atoms with Crippen molar-refractivity contribution >= 4 is 0 Å². The summed E-state index contributed by atoms with van der Waals surface area (Å²) in [6.07, 6.45) is 2.90. The maximum Gasteiger partial charge on any atom is -0.0391 e. The topological polar surface area (TPSA) is 0 Å². The summed E-state index contributed by atoms with van der Waals surface area (Å²) < 4.78 is 0. The minimum Gasteiger partial charge on any atom is -0.0776 e. The summed E-state index contributed by atoms with van der Waals surface area (Å²) in [5.74, 6) is 3.84. The number of hydrogen-bond donors (Lipinski definition) is 0. The van der Waals surface area contributed by atoms with Crippen LogP contribution >= 0.6 is 0 Å². The lowest BCUT2D eigenvalue weighted by Gasteiger charge is -2.35. The maximum absolute atomic E-state index is 2.40. The van der Waals surface area contributed by atoms with Gasteiger partial charge >= 0.3 is 0 Å². The third-order valence-corrected chi connectivity index (χ3v) is 3.34. The van der Waals surface area contributed by atoms with E-state index in [9.17, 15) is 0 Å². The summed E-state index contributed by atoms with van der Waals surface area (Å²) in [5, 5.41) is 0. The molecule has 0 heteroatoms. The average Bonchev–Trinajstić information content (AvgIpc) is 2.04. The van der Waals surface area contributed by atoms with E-state index in [2.05, 4.69) is 27.7 Å². The molecule has 1 aliphatic carbocycles. The molecule has 0 aromatic rings. The molecule has 0 aromatic carbocycles. The van der Waals surface area contributed by atoms with E-state index >= 15 is 0 Å². The van der Waals surface area contributed by atoms with Gasteiger partial charge in [0.05, 0.1) is 0 Å². The molecule has 82 valence electrons. The zero-order chi connectivity index (χ0) is 9.72. The van der Waals surface area contributed by atoms with Gasteiger partial charge in [-0.25, -0.2) is 0 Å². The van der Waals surface area contributed by atoms with Gasteiger partial charge in [0.25, 0.3) is 0 Å². The van der Waals surface area contributed by atoms with Crippen molar-refractivity contribution in [1.82, 2.24) is 0 Å². The molecule has 2 atom stereocenters. The Balaban J connectivity index is 0. The van der Waals surface area contributed by atoms with Gasteiger partial charge in [0.2, 0.25) is 0 Å². The van der Waals surface area contributed by atoms with Gasteiger partial charge in [0, 0.05) is 0 Å². The Morgan fingerprint density at radius 3 is 1.38 bits per heavy atom. The van der Waals surface area contributed by atoms with Gasteiger partial charge in [-0.2, -0.15) is 0 Å². The molecule has 13 heavy (non-hydrogen) atoms. The summed E-state index contributed by atoms with van der Waals surface area (Å²) in [5.41, 5.74) is 0. The maximum atomic E-state index is 2.40. The van der Waals surface area contributed by atoms with Crippen LogP contribution in [0.2, 0.25) is 0 Å². The Morgan fingerprint density at radius 1 is 0.769 bits per heavy atom. The summed E-state index contributed by atoms with van der Waals surface area (Å²) >= 11 is 0. The highest BCUT2D eigenvalue weighted by Crippen LogP contribution is 2.36. The predicted molar refractivity (Wildman–Crippen MR) is 64.0 cm³/mol. The monoisotopic (exact) mass is 186 g/mol. The van der Waals surface area contributed by atoms with Gasteiger partial charge in [-0.1, -0.05) is 49.0 Å². The highest BCUT2D eigenvalue weighted by molar-refractivity contribution is 4.77. The minimum atomic E-state index is 0. The summed E-state index contributed by atoms with van der Waals surface area (Å²) in [7, 11) is 0. The Morgan fingerprint density at radius 2 is 1.08 bits per heavy atom. The van der Waals surface area contributed by atoms with E-state index in [4.69, 9.17) is 0 Å². The van der Waals surface area contributed by atoms with Gasteiger partial charge in [-0.3, -0.25) is 0 Å². The lowest BCUT2D eigenvalue weighted by molar-refractivity contribution is 0.151. The molecule has 0 heterocycles. The van der Waals surface area contributed by atoms with Gasteiger partial charge < -0.3 is 0 Å². The minimum absolute atomic E-state index is 0. The molecular formula is C13H30. The molecule has 0 N–H and O–H groups in total. The normalized spacial score (nSPS) is 38.3. The molecule has 2 unspecified atom stereocenters. The lowest BCUT2D eigenvalue weighted by Crippen LogP contribution is -2.26. The Hall–Kier alpha value is 0. The van der Waals surface area contributed by atoms with Crippen LogP contribution in [0.25, 0.3) is 0 Å². The molecule has 0 bridgehead atoms. The molecule has 0 aliphatic heterocycles. The van der Waals surface area contributed by atoms with E-state index in [1.807, 2.05) is 13.8 Å². The molecule has 0 spiro atoms. The van der Waals surface area contributed by atoms with Crippen molar-refractivity contribution < 1.29 is 0 Å². The van der Waals surface area contributed by atoms with Crippen LogP contribution in [0, 0.1) is 23.7 Å². The van der Waals surface area contributed by atoms with Gasteiger partial charge in [-0.15, -0.1) is 0 Å². The van der Waals surface area contributed by atoms with Crippen molar-refractivity contribution in [3.63, 3.8) is 0 Å². The van der Waals surface area contributed by atoms with E-state index in [1.165, 1.54) is 12.8 Å². The van der Waals surface area contributed by atoms with E-state index in [0.717, 1.165) is 23.7 Å². The summed E-state index contributed by atoms with van der Waals surface area (Å²) in [4.78, 5) is 0. The van der Waals surface area contributed by atoms with Crippen LogP contribution in [0.1, 0.15) is 61.8 Å². The first-order valence-corrected chi connectivity index (χ1v) is 5.61. The average molecular weight is 186 g/mol. The van der Waals surface area contributed by atoms with Crippen molar-refractivity contribution in [2.45, 2.75) is 61.8 Å². The molecule has 0 saturated heterocycles. The van der Waals surface area contributed by atoms with Crippen LogP contribution in [-0.2, 0) is 0 Å². The molecule has 0 nitrogen and oxygen atoms in total. The zero-order valence-electron chi connectivity index (χ0n) is 9.72. The van der Waals surface area contributed by atoms with Crippen LogP contribution in [0.15, 0.2) is 0 Å². The standard InChI is InChI=1S/C10H20.C2H6.CH4/c1-7-5-8(2)10(4)9(3)6-7;1-2;/h7-10H,5-6H2,1-4H3;1-2H3;1H4. The van der Waals surface area contributed by atoms with Crippen LogP contribution < -0.4 is 0 Å². The molecular weight excluding hydrogens is 156 g/mol. The fraction of sp³-hybridized carbons (Fsp3) is 1.00. The zero-order valence-corrected chi connectivity index (χ0v) is 9.72. The van der Waals surface area contributed by atoms with E-state index in [1.54, 1.807) is 0 Å². The fourth-order valence-electron chi connectivity index (χ4n) is 2.36. The van der Waals surface area contributed by atoms with Crippen LogP contribution in [0.5, 0.6) is 0 Å². The molecule has 0 amide bonds. The quantitative estimate of drug-likeness (QED) is 0.500. The third kappa shape index (κ3) is 4.69. The van der Waals surface area contributed by atoms with Crippen LogP contribution in [0.4, 0.5) is 0 Å². The summed E-state index contributed by atoms with van der Waals surface area (Å²) in [6, 6.07) is 0. The van der Waals surface area contributed by atoms with Crippen LogP contribution in [-0.4, -0.2) is 0 Å². The molecule has 0 radical (unpaired) electrons. The molecule has 1 aliphatic rings.